The number of alkyl halides is 1. The first-order chi connectivity index (χ1) is 7.95. The van der Waals surface area contributed by atoms with Crippen LogP contribution in [0.3, 0.4) is 0 Å². The van der Waals surface area contributed by atoms with Gasteiger partial charge < -0.3 is 21.3 Å². The zero-order valence-electron chi connectivity index (χ0n) is 9.60. The van der Waals surface area contributed by atoms with Gasteiger partial charge in [0.1, 0.15) is 0 Å². The van der Waals surface area contributed by atoms with Crippen molar-refractivity contribution in [2.24, 2.45) is 5.11 Å². The van der Waals surface area contributed by atoms with Gasteiger partial charge in [-0.15, -0.1) is 0 Å². The molecular formula is C6H10BrN6NaO4. The first kappa shape index (κ1) is 25.8. The second kappa shape index (κ2) is 25.0. The van der Waals surface area contributed by atoms with Gasteiger partial charge in [-0.2, -0.15) is 0 Å². The van der Waals surface area contributed by atoms with Crippen LogP contribution in [0.5, 0.6) is 0 Å². The molecule has 0 aliphatic rings. The molecule has 10 nitrogen and oxygen atoms in total. The van der Waals surface area contributed by atoms with Crippen LogP contribution in [-0.2, 0) is 9.59 Å². The number of hydrogen-bond acceptors (Lipinski definition) is 3. The van der Waals surface area contributed by atoms with Crippen molar-refractivity contribution < 1.29 is 49.4 Å². The Morgan fingerprint density at radius 2 is 1.50 bits per heavy atom. The predicted molar refractivity (Wildman–Crippen MR) is 62.4 cm³/mol. The van der Waals surface area contributed by atoms with Crippen molar-refractivity contribution in [2.45, 2.75) is 12.8 Å². The van der Waals surface area contributed by atoms with Crippen molar-refractivity contribution in [3.8, 4) is 0 Å². The van der Waals surface area contributed by atoms with Crippen molar-refractivity contribution in [2.75, 3.05) is 11.9 Å². The Labute approximate surface area is 133 Å². The summed E-state index contributed by atoms with van der Waals surface area (Å²) in [5.74, 6) is -1.70. The third kappa shape index (κ3) is 59.8. The molecule has 0 fully saturated rings. The van der Waals surface area contributed by atoms with Crippen molar-refractivity contribution in [1.29, 1.82) is 0 Å². The molecule has 0 saturated carbocycles. The van der Waals surface area contributed by atoms with Gasteiger partial charge in [0.05, 0.1) is 12.8 Å². The van der Waals surface area contributed by atoms with Gasteiger partial charge in [-0.25, -0.2) is 0 Å². The summed E-state index contributed by atoms with van der Waals surface area (Å²) >= 11 is 2.97. The van der Waals surface area contributed by atoms with E-state index in [1.807, 2.05) is 0 Å². The largest absolute Gasteiger partial charge is 1.00 e. The molecule has 0 spiro atoms. The molecule has 0 heterocycles. The number of carboxylic acid groups (broad SMARTS) is 2. The summed E-state index contributed by atoms with van der Waals surface area (Å²) in [6.07, 6.45) is 0.115. The van der Waals surface area contributed by atoms with Crippen LogP contribution >= 0.6 is 15.9 Å². The van der Waals surface area contributed by atoms with Crippen LogP contribution < -0.4 is 29.6 Å². The van der Waals surface area contributed by atoms with E-state index in [0.29, 0.717) is 5.33 Å². The van der Waals surface area contributed by atoms with E-state index < -0.39 is 11.9 Å². The van der Waals surface area contributed by atoms with E-state index in [1.54, 1.807) is 0 Å². The molecule has 0 aromatic carbocycles. The maximum atomic E-state index is 9.69. The van der Waals surface area contributed by atoms with Crippen LogP contribution in [-0.4, -0.2) is 34.0 Å². The van der Waals surface area contributed by atoms with Crippen LogP contribution in [0.4, 0.5) is 0 Å². The molecule has 0 aliphatic carbocycles. The van der Waals surface area contributed by atoms with Crippen LogP contribution in [0.15, 0.2) is 5.11 Å². The molecule has 0 radical (unpaired) electrons. The van der Waals surface area contributed by atoms with Crippen LogP contribution in [0.2, 0.25) is 0 Å². The molecule has 0 bridgehead atoms. The normalized spacial score (nSPS) is 6.50. The zero-order chi connectivity index (χ0) is 14.1. The fourth-order valence-electron chi connectivity index (χ4n) is 0.271. The smallest absolute Gasteiger partial charge is 0.481 e. The molecule has 0 aliphatic heterocycles. The van der Waals surface area contributed by atoms with E-state index in [-0.39, 0.29) is 48.9 Å². The zero-order valence-corrected chi connectivity index (χ0v) is 13.2. The van der Waals surface area contributed by atoms with Crippen LogP contribution in [0.1, 0.15) is 12.8 Å². The van der Waals surface area contributed by atoms with Gasteiger partial charge in [0.2, 0.25) is 0 Å². The van der Waals surface area contributed by atoms with Crippen molar-refractivity contribution >= 4 is 27.9 Å². The number of rotatable bonds is 5. The monoisotopic (exact) mass is 332 g/mol. The number of azide groups is 1. The van der Waals surface area contributed by atoms with Crippen LogP contribution in [0.25, 0.3) is 26.4 Å². The molecule has 0 aromatic rings. The van der Waals surface area contributed by atoms with E-state index in [9.17, 15) is 9.59 Å². The molecule has 0 unspecified atom stereocenters. The minimum atomic E-state index is -0.947. The standard InChI is InChI=1S/C3H5BrO2.C3H5N3O2.N3.Na/c4-2-1-3(5)6;4-6-5-2-1-3(7)8;1-3-2;/h1-2H2,(H,5,6);1-2H2,(H,7,8);;/q;;-1;+1. The molecule has 0 atom stereocenters. The van der Waals surface area contributed by atoms with E-state index in [1.165, 1.54) is 4.91 Å². The second-order valence-corrected chi connectivity index (χ2v) is 2.81. The van der Waals surface area contributed by atoms with Crippen LogP contribution in [0, 0.1) is 0 Å². The SMILES string of the molecule is O=C(O)CCBr.[N-]=[N+]=NCCC(=O)O.[N-]=[N+]=[N-].[Na+]. The minimum Gasteiger partial charge on any atom is -0.481 e. The minimum absolute atomic E-state index is 0. The maximum absolute atomic E-state index is 9.69. The average Bonchev–Trinajstić information content (AvgIpc) is 2.19. The fraction of sp³-hybridized carbons (Fsp3) is 0.667. The Balaban J connectivity index is -0.0000000875. The van der Waals surface area contributed by atoms with Gasteiger partial charge in [0.15, 0.2) is 0 Å². The Bertz CT molecular complexity index is 300. The number of carbonyl (C=O) groups is 2. The second-order valence-electron chi connectivity index (χ2n) is 2.02. The Morgan fingerprint density at radius 1 is 1.11 bits per heavy atom. The molecule has 18 heavy (non-hydrogen) atoms. The summed E-state index contributed by atoms with van der Waals surface area (Å²) in [5, 5.41) is 19.4. The summed E-state index contributed by atoms with van der Waals surface area (Å²) in [6.45, 7) is 0.0336. The molecule has 96 valence electrons. The number of nitrogens with zero attached hydrogens (tertiary/aromatic N) is 6. The van der Waals surface area contributed by atoms with E-state index in [0.717, 1.165) is 0 Å². The molecule has 2 N–H and O–H groups in total. The van der Waals surface area contributed by atoms with Gasteiger partial charge in [0.25, 0.3) is 0 Å². The molecular weight excluding hydrogens is 323 g/mol. The summed E-state index contributed by atoms with van der Waals surface area (Å²) in [7, 11) is 0. The molecule has 12 heteroatoms. The average molecular weight is 333 g/mol. The Hall–Kier alpha value is -0.960. The van der Waals surface area contributed by atoms with Gasteiger partial charge >= 0.3 is 41.5 Å². The Morgan fingerprint density at radius 3 is 1.67 bits per heavy atom. The molecule has 0 saturated heterocycles. The van der Waals surface area contributed by atoms with Crippen molar-refractivity contribution in [1.82, 2.24) is 0 Å². The molecule has 0 amide bonds. The Kier molecular flexibility index (Phi) is 35.9. The first-order valence-electron chi connectivity index (χ1n) is 3.95. The quantitative estimate of drug-likeness (QED) is 0.226. The fourth-order valence-corrected chi connectivity index (χ4v) is 0.610. The van der Waals surface area contributed by atoms with E-state index in [2.05, 4.69) is 26.0 Å². The summed E-state index contributed by atoms with van der Waals surface area (Å²) in [4.78, 5) is 23.1. The number of carboxylic acids is 2. The predicted octanol–water partition coefficient (Wildman–Crippen LogP) is -0.502. The third-order valence-corrected chi connectivity index (χ3v) is 1.19. The van der Waals surface area contributed by atoms with E-state index in [4.69, 9.17) is 26.8 Å². The van der Waals surface area contributed by atoms with Gasteiger partial charge in [0, 0.05) is 16.8 Å². The summed E-state index contributed by atoms with van der Waals surface area (Å²) in [5.41, 5.74) is 21.1. The van der Waals surface area contributed by atoms with Gasteiger partial charge in [-0.3, -0.25) is 14.5 Å². The number of hydrogen-bond donors (Lipinski definition) is 2. The topological polar surface area (TPSA) is 182 Å². The molecule has 0 aromatic heterocycles. The van der Waals surface area contributed by atoms with Crippen molar-refractivity contribution in [3.05, 3.63) is 26.4 Å². The number of halogens is 1. The summed E-state index contributed by atoms with van der Waals surface area (Å²) < 4.78 is 0. The van der Waals surface area contributed by atoms with Crippen molar-refractivity contribution in [3.63, 3.8) is 0 Å². The maximum Gasteiger partial charge on any atom is 1.00 e. The van der Waals surface area contributed by atoms with E-state index >= 15 is 0 Å². The first-order valence-corrected chi connectivity index (χ1v) is 5.07. The van der Waals surface area contributed by atoms with Gasteiger partial charge in [-0.05, 0) is 5.53 Å². The number of aliphatic carboxylic acids is 2. The molecule has 0 rings (SSSR count). The van der Waals surface area contributed by atoms with Gasteiger partial charge in [-0.1, -0.05) is 21.0 Å². The summed E-state index contributed by atoms with van der Waals surface area (Å²) in [6, 6.07) is 0. The third-order valence-electron chi connectivity index (χ3n) is 0.797.